The van der Waals surface area contributed by atoms with Gasteiger partial charge in [-0.25, -0.2) is 4.98 Å². The Morgan fingerprint density at radius 3 is 2.73 bits per heavy atom. The van der Waals surface area contributed by atoms with Gasteiger partial charge in [0.15, 0.2) is 4.34 Å². The highest BCUT2D eigenvalue weighted by Gasteiger charge is 2.36. The van der Waals surface area contributed by atoms with Crippen LogP contribution in [0.1, 0.15) is 27.9 Å². The molecule has 6 nitrogen and oxygen atoms in total. The van der Waals surface area contributed by atoms with Gasteiger partial charge in [-0.3, -0.25) is 10.1 Å². The zero-order chi connectivity index (χ0) is 19.1. The molecule has 0 spiro atoms. The van der Waals surface area contributed by atoms with E-state index in [0.717, 1.165) is 23.2 Å². The molecule has 0 saturated carbocycles. The fourth-order valence-corrected chi connectivity index (χ4v) is 4.94. The topological polar surface area (TPSA) is 93.8 Å². The Morgan fingerprint density at radius 1 is 1.35 bits per heavy atom. The molecule has 0 radical (unpaired) electrons. The summed E-state index contributed by atoms with van der Waals surface area (Å²) in [6.07, 6.45) is -4.60. The molecule has 0 aliphatic rings. The van der Waals surface area contributed by atoms with Crippen LogP contribution in [-0.4, -0.2) is 26.8 Å². The number of hydrogen-bond acceptors (Lipinski definition) is 8. The van der Waals surface area contributed by atoms with Gasteiger partial charge in [-0.2, -0.15) is 13.2 Å². The summed E-state index contributed by atoms with van der Waals surface area (Å²) in [5.74, 6) is 0.164. The fourth-order valence-electron chi connectivity index (χ4n) is 2.23. The molecule has 0 aromatic carbocycles. The number of carbonyl (C=O) groups excluding carboxylic acids is 1. The van der Waals surface area contributed by atoms with E-state index in [-0.39, 0.29) is 31.6 Å². The molecule has 3 aromatic heterocycles. The lowest BCUT2D eigenvalue weighted by atomic mass is 10.1. The first-order valence-electron chi connectivity index (χ1n) is 7.25. The van der Waals surface area contributed by atoms with Crippen molar-refractivity contribution in [2.75, 3.05) is 16.8 Å². The van der Waals surface area contributed by atoms with E-state index >= 15 is 0 Å². The first-order valence-corrected chi connectivity index (χ1v) is 9.87. The van der Waals surface area contributed by atoms with Gasteiger partial charge in [0.25, 0.3) is 5.91 Å². The SMILES string of the molecule is CCSc1nnc(NC(=O)c2sc3nc(C)cc(C(F)(F)F)c3c2N)s1. The molecule has 3 heterocycles. The third-order valence-corrected chi connectivity index (χ3v) is 6.19. The lowest BCUT2D eigenvalue weighted by Gasteiger charge is -2.09. The second-order valence-corrected chi connectivity index (χ2v) is 8.58. The van der Waals surface area contributed by atoms with E-state index in [1.807, 2.05) is 6.92 Å². The maximum Gasteiger partial charge on any atom is 0.417 e. The maximum atomic E-state index is 13.3. The number of aryl methyl sites for hydroxylation is 1. The van der Waals surface area contributed by atoms with Crippen molar-refractivity contribution in [2.24, 2.45) is 0 Å². The van der Waals surface area contributed by atoms with Crippen molar-refractivity contribution in [3.63, 3.8) is 0 Å². The van der Waals surface area contributed by atoms with Crippen LogP contribution < -0.4 is 11.1 Å². The number of nitrogens with zero attached hydrogens (tertiary/aromatic N) is 3. The summed E-state index contributed by atoms with van der Waals surface area (Å²) >= 11 is 3.46. The summed E-state index contributed by atoms with van der Waals surface area (Å²) < 4.78 is 40.6. The number of halogens is 3. The fraction of sp³-hybridized carbons (Fsp3) is 0.286. The van der Waals surface area contributed by atoms with Crippen molar-refractivity contribution in [2.45, 2.75) is 24.4 Å². The Hall–Kier alpha value is -1.92. The predicted octanol–water partition coefficient (Wildman–Crippen LogP) is 4.42. The quantitative estimate of drug-likeness (QED) is 0.480. The molecule has 0 saturated heterocycles. The van der Waals surface area contributed by atoms with Gasteiger partial charge in [-0.05, 0) is 18.7 Å². The third kappa shape index (κ3) is 3.62. The Kier molecular flexibility index (Phi) is 5.08. The van der Waals surface area contributed by atoms with Crippen molar-refractivity contribution in [1.29, 1.82) is 0 Å². The summed E-state index contributed by atoms with van der Waals surface area (Å²) in [6.45, 7) is 3.41. The van der Waals surface area contributed by atoms with E-state index in [1.54, 1.807) is 0 Å². The van der Waals surface area contributed by atoms with E-state index in [2.05, 4.69) is 20.5 Å². The highest BCUT2D eigenvalue weighted by atomic mass is 32.2. The minimum atomic E-state index is -4.60. The summed E-state index contributed by atoms with van der Waals surface area (Å²) in [4.78, 5) is 16.6. The van der Waals surface area contributed by atoms with E-state index in [9.17, 15) is 18.0 Å². The number of thioether (sulfide) groups is 1. The number of nitrogen functional groups attached to an aromatic ring is 1. The largest absolute Gasteiger partial charge is 0.417 e. The average Bonchev–Trinajstić information content (AvgIpc) is 3.10. The molecular weight excluding hydrogens is 407 g/mol. The molecule has 3 N–H and O–H groups in total. The van der Waals surface area contributed by atoms with Crippen molar-refractivity contribution in [1.82, 2.24) is 15.2 Å². The second kappa shape index (κ2) is 7.00. The number of nitrogens with two attached hydrogens (primary N) is 1. The van der Waals surface area contributed by atoms with Gasteiger partial charge < -0.3 is 5.73 Å². The van der Waals surface area contributed by atoms with Crippen LogP contribution in [0.3, 0.4) is 0 Å². The van der Waals surface area contributed by atoms with Crippen LogP contribution in [0.4, 0.5) is 24.0 Å². The van der Waals surface area contributed by atoms with Gasteiger partial charge in [-0.15, -0.1) is 21.5 Å². The number of nitrogens with one attached hydrogen (secondary N) is 1. The van der Waals surface area contributed by atoms with Gasteiger partial charge in [0.1, 0.15) is 9.71 Å². The number of amides is 1. The van der Waals surface area contributed by atoms with Crippen LogP contribution in [0.5, 0.6) is 0 Å². The molecule has 12 heteroatoms. The monoisotopic (exact) mass is 419 g/mol. The minimum absolute atomic E-state index is 0.0384. The first-order chi connectivity index (χ1) is 12.2. The molecule has 3 rings (SSSR count). The molecule has 0 bridgehead atoms. The highest BCUT2D eigenvalue weighted by Crippen LogP contribution is 2.42. The van der Waals surface area contributed by atoms with Crippen LogP contribution in [0, 0.1) is 6.92 Å². The smallest absolute Gasteiger partial charge is 0.397 e. The molecule has 0 atom stereocenters. The Labute approximate surface area is 158 Å². The Bertz CT molecular complexity index is 982. The van der Waals surface area contributed by atoms with Crippen LogP contribution >= 0.6 is 34.4 Å². The molecular formula is C14H12F3N5OS3. The van der Waals surface area contributed by atoms with Crippen molar-refractivity contribution in [3.8, 4) is 0 Å². The van der Waals surface area contributed by atoms with E-state index in [4.69, 9.17) is 5.73 Å². The van der Waals surface area contributed by atoms with Crippen LogP contribution in [-0.2, 0) is 6.18 Å². The Balaban J connectivity index is 1.99. The zero-order valence-corrected chi connectivity index (χ0v) is 15.9. The highest BCUT2D eigenvalue weighted by molar-refractivity contribution is 8.01. The molecule has 0 aliphatic heterocycles. The average molecular weight is 419 g/mol. The van der Waals surface area contributed by atoms with Crippen molar-refractivity contribution >= 4 is 61.4 Å². The lowest BCUT2D eigenvalue weighted by Crippen LogP contribution is -2.12. The molecule has 138 valence electrons. The predicted molar refractivity (Wildman–Crippen MR) is 98.0 cm³/mol. The van der Waals surface area contributed by atoms with E-state index < -0.39 is 17.6 Å². The number of alkyl halides is 3. The molecule has 0 unspecified atom stereocenters. The maximum absolute atomic E-state index is 13.3. The van der Waals surface area contributed by atoms with Gasteiger partial charge in [0, 0.05) is 11.1 Å². The second-order valence-electron chi connectivity index (χ2n) is 5.09. The van der Waals surface area contributed by atoms with Gasteiger partial charge in [0.2, 0.25) is 5.13 Å². The van der Waals surface area contributed by atoms with Crippen LogP contribution in [0.15, 0.2) is 10.4 Å². The van der Waals surface area contributed by atoms with Crippen molar-refractivity contribution < 1.29 is 18.0 Å². The molecule has 26 heavy (non-hydrogen) atoms. The summed E-state index contributed by atoms with van der Waals surface area (Å²) in [5.41, 5.74) is 4.93. The molecule has 1 amide bonds. The number of aromatic nitrogens is 3. The first kappa shape index (κ1) is 18.9. The van der Waals surface area contributed by atoms with Crippen LogP contribution in [0.2, 0.25) is 0 Å². The lowest BCUT2D eigenvalue weighted by molar-refractivity contribution is -0.136. The number of anilines is 2. The number of hydrogen-bond donors (Lipinski definition) is 2. The minimum Gasteiger partial charge on any atom is -0.397 e. The van der Waals surface area contributed by atoms with Crippen LogP contribution in [0.25, 0.3) is 10.2 Å². The number of fused-ring (bicyclic) bond motifs is 1. The number of pyridine rings is 1. The van der Waals surface area contributed by atoms with Gasteiger partial charge in [0.05, 0.1) is 11.3 Å². The summed E-state index contributed by atoms with van der Waals surface area (Å²) in [6, 6.07) is 0.923. The zero-order valence-electron chi connectivity index (χ0n) is 13.5. The standard InChI is InChI=1S/C14H12F3N5OS3/c1-3-24-13-22-21-12(26-13)20-10(23)9-8(18)7-6(14(15,16)17)4-5(2)19-11(7)25-9/h4H,3,18H2,1-2H3,(H,20,21,23). The molecule has 0 fully saturated rings. The van der Waals surface area contributed by atoms with Crippen molar-refractivity contribution in [3.05, 3.63) is 22.2 Å². The van der Waals surface area contributed by atoms with E-state index in [1.165, 1.54) is 30.0 Å². The Morgan fingerprint density at radius 2 is 2.08 bits per heavy atom. The number of rotatable bonds is 4. The van der Waals surface area contributed by atoms with Gasteiger partial charge >= 0.3 is 6.18 Å². The number of carbonyl (C=O) groups is 1. The van der Waals surface area contributed by atoms with E-state index in [0.29, 0.717) is 4.34 Å². The third-order valence-electron chi connectivity index (χ3n) is 3.23. The summed E-state index contributed by atoms with van der Waals surface area (Å²) in [7, 11) is 0. The number of thiophene rings is 1. The summed E-state index contributed by atoms with van der Waals surface area (Å²) in [5, 5.41) is 10.3. The normalized spacial score (nSPS) is 11.9. The molecule has 3 aromatic rings. The molecule has 0 aliphatic carbocycles. The van der Waals surface area contributed by atoms with Gasteiger partial charge in [-0.1, -0.05) is 30.0 Å².